The fourth-order valence-corrected chi connectivity index (χ4v) is 2.58. The van der Waals surface area contributed by atoms with Gasteiger partial charge in [-0.2, -0.15) is 0 Å². The molecule has 3 N–H and O–H groups in total. The van der Waals surface area contributed by atoms with Crippen molar-refractivity contribution < 1.29 is 50.2 Å². The molecule has 9 heteroatoms. The van der Waals surface area contributed by atoms with Crippen LogP contribution in [0.1, 0.15) is 53.9 Å². The molecule has 1 heterocycles. The van der Waals surface area contributed by atoms with Crippen LogP contribution < -0.4 is 16.0 Å². The minimum Gasteiger partial charge on any atom is -0.533 e. The number of nitrogens with one attached hydrogen (secondary N) is 3. The van der Waals surface area contributed by atoms with Gasteiger partial charge in [0.15, 0.2) is 0 Å². The molecule has 158 valence electrons. The molecule has 1 aliphatic heterocycles. The molecule has 0 radical (unpaired) electrons. The van der Waals surface area contributed by atoms with Crippen LogP contribution >= 0.6 is 11.8 Å². The predicted octanol–water partition coefficient (Wildman–Crippen LogP) is 2.61. The molecule has 3 amide bonds. The van der Waals surface area contributed by atoms with Crippen molar-refractivity contribution >= 4 is 29.5 Å². The van der Waals surface area contributed by atoms with Crippen LogP contribution in [0.3, 0.4) is 0 Å². The summed E-state index contributed by atoms with van der Waals surface area (Å²) in [5.41, 5.74) is 0.0417. The van der Waals surface area contributed by atoms with Gasteiger partial charge in [-0.15, -0.1) is 0 Å². The topological polar surface area (TPSA) is 96.5 Å². The van der Waals surface area contributed by atoms with Gasteiger partial charge < -0.3 is 15.4 Å². The largest absolute Gasteiger partial charge is 0.533 e. The molecule has 28 heavy (non-hydrogen) atoms. The molecule has 1 unspecified atom stereocenters. The molecule has 7 nitrogen and oxygen atoms in total. The van der Waals surface area contributed by atoms with E-state index >= 15 is 0 Å². The van der Waals surface area contributed by atoms with E-state index in [0.29, 0.717) is 11.3 Å². The third-order valence-electron chi connectivity index (χ3n) is 3.43. The average molecular weight is 637 g/mol. The molecule has 0 spiro atoms. The first kappa shape index (κ1) is 29.5. The summed E-state index contributed by atoms with van der Waals surface area (Å²) in [7, 11) is 5.30. The summed E-state index contributed by atoms with van der Waals surface area (Å²) >= 11 is 1.25. The van der Waals surface area contributed by atoms with Crippen molar-refractivity contribution in [1.29, 1.82) is 0 Å². The Morgan fingerprint density at radius 3 is 2.36 bits per heavy atom. The van der Waals surface area contributed by atoms with E-state index in [1.165, 1.54) is 11.8 Å². The molecule has 0 aromatic heterocycles. The molecule has 1 fully saturated rings. The van der Waals surface area contributed by atoms with Crippen LogP contribution in [0.5, 0.6) is 0 Å². The number of carbonyl (C=O) groups is 3. The number of piperidine rings is 1. The molecule has 1 aliphatic rings. The van der Waals surface area contributed by atoms with E-state index in [2.05, 4.69) is 23.0 Å². The smallest absolute Gasteiger partial charge is 0.258 e. The number of carbonyl (C=O) groups excluding carboxylic acids is 3. The summed E-state index contributed by atoms with van der Waals surface area (Å²) in [6.07, 6.45) is 4.96. The molecule has 0 bridgehead atoms. The molecule has 1 saturated heterocycles. The molecule has 1 rings (SSSR count). The number of imide groups is 1. The van der Waals surface area contributed by atoms with Crippen LogP contribution in [0, 0.1) is 38.2 Å². The average Bonchev–Trinajstić information content (AvgIpc) is 2.60. The van der Waals surface area contributed by atoms with Crippen LogP contribution in [0.2, 0.25) is 0 Å². The summed E-state index contributed by atoms with van der Waals surface area (Å²) in [6.45, 7) is 9.79. The Hall–Kier alpha value is -0.748. The Kier molecular flexibility index (Phi) is 15.9. The van der Waals surface area contributed by atoms with Crippen molar-refractivity contribution in [2.24, 2.45) is 0 Å². The van der Waals surface area contributed by atoms with Gasteiger partial charge in [-0.25, -0.2) is 0 Å². The van der Waals surface area contributed by atoms with Crippen LogP contribution in [0.15, 0.2) is 22.1 Å². The Bertz CT molecular complexity index is 586. The molecule has 0 aromatic carbocycles. The number of hydrogen-bond acceptors (Lipinski definition) is 6. The summed E-state index contributed by atoms with van der Waals surface area (Å²) in [4.78, 5) is 35.3. The number of hydrogen-bond donors (Lipinski definition) is 3. The Balaban J connectivity index is 0. The second-order valence-corrected chi connectivity index (χ2v) is 7.79. The van der Waals surface area contributed by atoms with Crippen LogP contribution in [-0.2, 0) is 19.1 Å². The van der Waals surface area contributed by atoms with Crippen LogP contribution in [0.4, 0.5) is 0 Å². The first-order chi connectivity index (χ1) is 12.6. The van der Waals surface area contributed by atoms with Gasteiger partial charge in [-0.3, -0.25) is 26.7 Å². The maximum atomic E-state index is 12.2. The number of methoxy groups -OCH3 is 1. The van der Waals surface area contributed by atoms with E-state index in [0.717, 1.165) is 11.4 Å². The zero-order chi connectivity index (χ0) is 21.0. The maximum absolute atomic E-state index is 12.2. The van der Waals surface area contributed by atoms with Crippen LogP contribution in [-0.4, -0.2) is 36.5 Å². The molecule has 1 atom stereocenters. The summed E-state index contributed by atoms with van der Waals surface area (Å²) in [6, 6.07) is -0.669. The van der Waals surface area contributed by atoms with Crippen LogP contribution in [0.25, 0.3) is 0 Å². The zero-order valence-corrected chi connectivity index (χ0v) is 22.6. The van der Waals surface area contributed by atoms with Gasteiger partial charge in [0.05, 0.1) is 10.5 Å². The van der Waals surface area contributed by atoms with Gasteiger partial charge in [-0.05, 0) is 40.5 Å². The van der Waals surface area contributed by atoms with Gasteiger partial charge in [-0.1, -0.05) is 30.8 Å². The van der Waals surface area contributed by atoms with Crippen molar-refractivity contribution in [3.05, 3.63) is 29.1 Å². The van der Waals surface area contributed by atoms with Crippen molar-refractivity contribution in [2.75, 3.05) is 7.11 Å². The second kappa shape index (κ2) is 15.1. The fraction of sp³-hybridized carbons (Fsp3) is 0.579. The summed E-state index contributed by atoms with van der Waals surface area (Å²) < 4.78 is 4.94. The molecular weight excluding hydrogens is 604 g/mol. The Morgan fingerprint density at radius 2 is 1.96 bits per heavy atom. The van der Waals surface area contributed by atoms with Crippen molar-refractivity contribution in [3.63, 3.8) is 0 Å². The minimum atomic E-state index is -0.669. The monoisotopic (exact) mass is 636 g/mol. The third-order valence-corrected chi connectivity index (χ3v) is 4.60. The van der Waals surface area contributed by atoms with Gasteiger partial charge in [0, 0.05) is 49.7 Å². The van der Waals surface area contributed by atoms with Crippen molar-refractivity contribution in [1.82, 2.24) is 16.0 Å². The predicted molar refractivity (Wildman–Crippen MR) is 109 cm³/mol. The van der Waals surface area contributed by atoms with Crippen molar-refractivity contribution in [2.45, 2.75) is 65.5 Å². The van der Waals surface area contributed by atoms with Gasteiger partial charge >= 0.3 is 0 Å². The van der Waals surface area contributed by atoms with E-state index in [4.69, 9.17) is 4.74 Å². The van der Waals surface area contributed by atoms with Gasteiger partial charge in [0.2, 0.25) is 11.8 Å². The second-order valence-electron chi connectivity index (χ2n) is 6.70. The number of ether oxygens (including phenoxy) is 1. The first-order valence-corrected chi connectivity index (χ1v) is 9.66. The number of allylic oxidation sites excluding steroid dienone is 2. The standard InChI is InChI=1S/C14H20N3O3S.C5H12O.U/c1-4-6-12(15-3)21-10(5-2)14(20)16-9-7-8-11(18)17-13(9)19;1-5(2,3)6-4;/h5-6,9,15H,3-4,7-8H2,1-2H3,(H,16,20)(H,17,18,19);1-4H3;/q-1;;/b10-5-,12-6+;;. The zero-order valence-electron chi connectivity index (χ0n) is 17.6. The van der Waals surface area contributed by atoms with Gasteiger partial charge in [0.1, 0.15) is 6.04 Å². The van der Waals surface area contributed by atoms with E-state index < -0.39 is 11.9 Å². The minimum absolute atomic E-state index is 0. The van der Waals surface area contributed by atoms with E-state index in [1.54, 1.807) is 20.1 Å². The normalized spacial score (nSPS) is 17.6. The molecule has 0 aromatic rings. The Morgan fingerprint density at radius 1 is 1.39 bits per heavy atom. The fourth-order valence-electron chi connectivity index (χ4n) is 1.75. The number of amides is 3. The summed E-state index contributed by atoms with van der Waals surface area (Å²) in [5.74, 6) is -1.10. The quantitative estimate of drug-likeness (QED) is 0.236. The van der Waals surface area contributed by atoms with E-state index in [-0.39, 0.29) is 54.9 Å². The van der Waals surface area contributed by atoms with E-state index in [1.807, 2.05) is 33.8 Å². The number of thioether (sulfide) groups is 1. The summed E-state index contributed by atoms with van der Waals surface area (Å²) in [5, 5.41) is 8.39. The molecule has 0 saturated carbocycles. The molecular formula is C19H32N3O4SU-. The Labute approximate surface area is 196 Å². The first-order valence-electron chi connectivity index (χ1n) is 8.85. The van der Waals surface area contributed by atoms with E-state index in [9.17, 15) is 14.4 Å². The SMILES string of the molecule is COC(C)(C)C.[CH2-]N/C(=C\CC)S/C(=C\C)C(=O)NC1CCC(=O)NC1=O.[U]. The third kappa shape index (κ3) is 12.7. The maximum Gasteiger partial charge on any atom is 0.258 e. The van der Waals surface area contributed by atoms with Gasteiger partial charge in [0.25, 0.3) is 5.91 Å². The van der Waals surface area contributed by atoms with Crippen molar-refractivity contribution in [3.8, 4) is 0 Å². The number of rotatable bonds is 6. The molecule has 0 aliphatic carbocycles.